The first-order valence-electron chi connectivity index (χ1n) is 5.03. The SMILES string of the molecule is COc1nc(Oc2ccc(F)c(F)c2)ccc1N. The lowest BCUT2D eigenvalue weighted by Crippen LogP contribution is -1.97. The van der Waals surface area contributed by atoms with E-state index >= 15 is 0 Å². The molecule has 1 aromatic heterocycles. The van der Waals surface area contributed by atoms with Crippen molar-refractivity contribution in [3.05, 3.63) is 42.0 Å². The summed E-state index contributed by atoms with van der Waals surface area (Å²) in [6.07, 6.45) is 0. The second kappa shape index (κ2) is 4.87. The smallest absolute Gasteiger partial charge is 0.240 e. The number of nitrogens with two attached hydrogens (primary N) is 1. The monoisotopic (exact) mass is 252 g/mol. The molecule has 6 heteroatoms. The molecule has 1 aromatic carbocycles. The van der Waals surface area contributed by atoms with Crippen molar-refractivity contribution < 1.29 is 18.3 Å². The van der Waals surface area contributed by atoms with Crippen LogP contribution in [0.4, 0.5) is 14.5 Å². The van der Waals surface area contributed by atoms with Crippen molar-refractivity contribution in [3.8, 4) is 17.5 Å². The standard InChI is InChI=1S/C12H10F2N2O2/c1-17-12-10(15)4-5-11(16-12)18-7-2-3-8(13)9(14)6-7/h2-6H,15H2,1H3. The molecule has 0 aliphatic rings. The lowest BCUT2D eigenvalue weighted by atomic mass is 10.3. The molecule has 0 unspecified atom stereocenters. The number of methoxy groups -OCH3 is 1. The number of benzene rings is 1. The topological polar surface area (TPSA) is 57.4 Å². The van der Waals surface area contributed by atoms with Crippen LogP contribution >= 0.6 is 0 Å². The van der Waals surface area contributed by atoms with E-state index in [0.29, 0.717) is 5.69 Å². The number of hydrogen-bond donors (Lipinski definition) is 1. The Balaban J connectivity index is 2.25. The Morgan fingerprint density at radius 1 is 1.11 bits per heavy atom. The van der Waals surface area contributed by atoms with Crippen LogP contribution in [0.15, 0.2) is 30.3 Å². The average molecular weight is 252 g/mol. The highest BCUT2D eigenvalue weighted by Gasteiger charge is 2.07. The zero-order chi connectivity index (χ0) is 13.1. The van der Waals surface area contributed by atoms with Gasteiger partial charge in [0.2, 0.25) is 11.8 Å². The lowest BCUT2D eigenvalue weighted by Gasteiger charge is -2.08. The molecular formula is C12H10F2N2O2. The van der Waals surface area contributed by atoms with Gasteiger partial charge in [-0.1, -0.05) is 0 Å². The summed E-state index contributed by atoms with van der Waals surface area (Å²) in [5, 5.41) is 0. The van der Waals surface area contributed by atoms with Crippen molar-refractivity contribution in [3.63, 3.8) is 0 Å². The van der Waals surface area contributed by atoms with Crippen LogP contribution in [0.5, 0.6) is 17.5 Å². The van der Waals surface area contributed by atoms with Crippen LogP contribution in [0.2, 0.25) is 0 Å². The van der Waals surface area contributed by atoms with Crippen LogP contribution in [-0.2, 0) is 0 Å². The molecule has 0 spiro atoms. The molecule has 18 heavy (non-hydrogen) atoms. The van der Waals surface area contributed by atoms with Gasteiger partial charge in [0.05, 0.1) is 12.8 Å². The van der Waals surface area contributed by atoms with Crippen molar-refractivity contribution in [2.24, 2.45) is 0 Å². The second-order valence-corrected chi connectivity index (χ2v) is 3.43. The number of halogens is 2. The first kappa shape index (κ1) is 12.1. The summed E-state index contributed by atoms with van der Waals surface area (Å²) >= 11 is 0. The second-order valence-electron chi connectivity index (χ2n) is 3.43. The van der Waals surface area contributed by atoms with Gasteiger partial charge in [-0.25, -0.2) is 8.78 Å². The van der Waals surface area contributed by atoms with Gasteiger partial charge in [-0.2, -0.15) is 4.98 Å². The lowest BCUT2D eigenvalue weighted by molar-refractivity contribution is 0.384. The van der Waals surface area contributed by atoms with Crippen LogP contribution in [0.3, 0.4) is 0 Å². The van der Waals surface area contributed by atoms with E-state index in [0.717, 1.165) is 12.1 Å². The van der Waals surface area contributed by atoms with Gasteiger partial charge in [-0.05, 0) is 18.2 Å². The van der Waals surface area contributed by atoms with Crippen LogP contribution in [-0.4, -0.2) is 12.1 Å². The Hall–Kier alpha value is -2.37. The fraction of sp³-hybridized carbons (Fsp3) is 0.0833. The summed E-state index contributed by atoms with van der Waals surface area (Å²) in [7, 11) is 1.42. The highest BCUT2D eigenvalue weighted by molar-refractivity contribution is 5.49. The fourth-order valence-electron chi connectivity index (χ4n) is 1.32. The van der Waals surface area contributed by atoms with Crippen molar-refractivity contribution >= 4 is 5.69 Å². The van der Waals surface area contributed by atoms with E-state index in [9.17, 15) is 8.78 Å². The maximum atomic E-state index is 13.0. The highest BCUT2D eigenvalue weighted by atomic mass is 19.2. The Morgan fingerprint density at radius 3 is 2.56 bits per heavy atom. The van der Waals surface area contributed by atoms with E-state index in [4.69, 9.17) is 15.2 Å². The molecule has 0 saturated heterocycles. The maximum Gasteiger partial charge on any atom is 0.240 e. The number of nitrogen functional groups attached to an aromatic ring is 1. The number of aromatic nitrogens is 1. The molecule has 0 bridgehead atoms. The summed E-state index contributed by atoms with van der Waals surface area (Å²) in [5.41, 5.74) is 5.94. The number of ether oxygens (including phenoxy) is 2. The molecule has 1 heterocycles. The number of anilines is 1. The summed E-state index contributed by atoms with van der Waals surface area (Å²) in [6, 6.07) is 6.24. The van der Waals surface area contributed by atoms with E-state index < -0.39 is 11.6 Å². The van der Waals surface area contributed by atoms with Crippen LogP contribution in [0, 0.1) is 11.6 Å². The number of rotatable bonds is 3. The van der Waals surface area contributed by atoms with Gasteiger partial charge in [0, 0.05) is 12.1 Å². The van der Waals surface area contributed by atoms with Crippen LogP contribution in [0.25, 0.3) is 0 Å². The van der Waals surface area contributed by atoms with Gasteiger partial charge in [0.15, 0.2) is 11.6 Å². The molecule has 2 rings (SSSR count). The summed E-state index contributed by atoms with van der Waals surface area (Å²) < 4.78 is 35.9. The summed E-state index contributed by atoms with van der Waals surface area (Å²) in [4.78, 5) is 3.95. The Bertz CT molecular complexity index is 576. The molecule has 0 saturated carbocycles. The molecule has 94 valence electrons. The maximum absolute atomic E-state index is 13.0. The molecule has 4 nitrogen and oxygen atoms in total. The van der Waals surface area contributed by atoms with Gasteiger partial charge in [0.25, 0.3) is 0 Å². The zero-order valence-electron chi connectivity index (χ0n) is 9.48. The van der Waals surface area contributed by atoms with E-state index in [1.165, 1.54) is 19.2 Å². The Labute approximate surface area is 102 Å². The molecule has 2 aromatic rings. The van der Waals surface area contributed by atoms with E-state index in [2.05, 4.69) is 4.98 Å². The zero-order valence-corrected chi connectivity index (χ0v) is 9.48. The molecule has 0 aliphatic heterocycles. The summed E-state index contributed by atoms with van der Waals surface area (Å²) in [5.74, 6) is -1.42. The third kappa shape index (κ3) is 2.48. The van der Waals surface area contributed by atoms with Gasteiger partial charge in [-0.15, -0.1) is 0 Å². The van der Waals surface area contributed by atoms with Gasteiger partial charge < -0.3 is 15.2 Å². The molecule has 0 amide bonds. The predicted octanol–water partition coefficient (Wildman–Crippen LogP) is 2.74. The summed E-state index contributed by atoms with van der Waals surface area (Å²) in [6.45, 7) is 0. The van der Waals surface area contributed by atoms with E-state index in [1.807, 2.05) is 0 Å². The number of nitrogens with zero attached hydrogens (tertiary/aromatic N) is 1. The van der Waals surface area contributed by atoms with Crippen LogP contribution < -0.4 is 15.2 Å². The minimum absolute atomic E-state index is 0.133. The minimum atomic E-state index is -0.991. The molecule has 2 N–H and O–H groups in total. The van der Waals surface area contributed by atoms with Crippen molar-refractivity contribution in [2.75, 3.05) is 12.8 Å². The molecule has 0 atom stereocenters. The fourth-order valence-corrected chi connectivity index (χ4v) is 1.32. The molecular weight excluding hydrogens is 242 g/mol. The molecule has 0 fully saturated rings. The Kier molecular flexibility index (Phi) is 3.27. The first-order chi connectivity index (χ1) is 8.60. The third-order valence-electron chi connectivity index (χ3n) is 2.17. The van der Waals surface area contributed by atoms with Gasteiger partial charge in [-0.3, -0.25) is 0 Å². The van der Waals surface area contributed by atoms with E-state index in [1.54, 1.807) is 6.07 Å². The first-order valence-corrected chi connectivity index (χ1v) is 5.03. The molecule has 0 aliphatic carbocycles. The van der Waals surface area contributed by atoms with E-state index in [-0.39, 0.29) is 17.5 Å². The van der Waals surface area contributed by atoms with Gasteiger partial charge in [0.1, 0.15) is 5.75 Å². The van der Waals surface area contributed by atoms with Crippen molar-refractivity contribution in [1.29, 1.82) is 0 Å². The molecule has 0 radical (unpaired) electrons. The predicted molar refractivity (Wildman–Crippen MR) is 61.6 cm³/mol. The number of hydrogen-bond acceptors (Lipinski definition) is 4. The van der Waals surface area contributed by atoms with Crippen molar-refractivity contribution in [2.45, 2.75) is 0 Å². The largest absolute Gasteiger partial charge is 0.479 e. The Morgan fingerprint density at radius 2 is 1.89 bits per heavy atom. The average Bonchev–Trinajstić information content (AvgIpc) is 2.36. The van der Waals surface area contributed by atoms with Gasteiger partial charge >= 0.3 is 0 Å². The van der Waals surface area contributed by atoms with Crippen molar-refractivity contribution in [1.82, 2.24) is 4.98 Å². The number of pyridine rings is 1. The quantitative estimate of drug-likeness (QED) is 0.912. The third-order valence-corrected chi connectivity index (χ3v) is 2.17. The minimum Gasteiger partial charge on any atom is -0.479 e. The normalized spacial score (nSPS) is 10.2. The van der Waals surface area contributed by atoms with Crippen LogP contribution in [0.1, 0.15) is 0 Å². The highest BCUT2D eigenvalue weighted by Crippen LogP contribution is 2.26.